The van der Waals surface area contributed by atoms with Crippen LogP contribution >= 0.6 is 0 Å². The number of aryl methyl sites for hydroxylation is 3. The van der Waals surface area contributed by atoms with E-state index in [1.807, 2.05) is 43.3 Å². The van der Waals surface area contributed by atoms with Crippen LogP contribution in [0.2, 0.25) is 0 Å². The van der Waals surface area contributed by atoms with Crippen molar-refractivity contribution in [1.82, 2.24) is 24.1 Å². The van der Waals surface area contributed by atoms with E-state index in [0.29, 0.717) is 28.5 Å². The molecule has 3 aromatic heterocycles. The number of amides is 1. The number of aromatic nitrogens is 3. The van der Waals surface area contributed by atoms with Gasteiger partial charge in [0.2, 0.25) is 10.0 Å². The SMILES string of the molecule is Cc1ccc(-c2nn(-c3ccccc3)cc2C(=O)N2CCN(S(=O)(=O)c3c(C)noc3C)CC2)o1. The Morgan fingerprint density at radius 3 is 2.29 bits per heavy atom. The van der Waals surface area contributed by atoms with Gasteiger partial charge in [0.15, 0.2) is 11.5 Å². The number of rotatable bonds is 5. The average molecular weight is 496 g/mol. The van der Waals surface area contributed by atoms with Crippen molar-refractivity contribution in [2.45, 2.75) is 25.7 Å². The number of benzene rings is 1. The summed E-state index contributed by atoms with van der Waals surface area (Å²) in [7, 11) is -3.77. The molecule has 1 aliphatic rings. The van der Waals surface area contributed by atoms with Gasteiger partial charge in [-0.2, -0.15) is 9.40 Å². The molecule has 4 heterocycles. The highest BCUT2D eigenvalue weighted by Gasteiger charge is 2.35. The lowest BCUT2D eigenvalue weighted by Gasteiger charge is -2.33. The van der Waals surface area contributed by atoms with Gasteiger partial charge in [-0.3, -0.25) is 4.79 Å². The lowest BCUT2D eigenvalue weighted by atomic mass is 10.1. The van der Waals surface area contributed by atoms with Crippen LogP contribution in [0.4, 0.5) is 0 Å². The number of hydrogen-bond acceptors (Lipinski definition) is 7. The van der Waals surface area contributed by atoms with Gasteiger partial charge in [0.25, 0.3) is 5.91 Å². The van der Waals surface area contributed by atoms with Crippen LogP contribution in [-0.2, 0) is 10.0 Å². The summed E-state index contributed by atoms with van der Waals surface area (Å²) in [5.41, 5.74) is 1.97. The molecule has 4 aromatic rings. The van der Waals surface area contributed by atoms with Gasteiger partial charge in [0, 0.05) is 32.4 Å². The minimum Gasteiger partial charge on any atom is -0.460 e. The van der Waals surface area contributed by atoms with Crippen LogP contribution in [0.25, 0.3) is 17.1 Å². The molecular weight excluding hydrogens is 470 g/mol. The Bertz CT molecular complexity index is 1460. The van der Waals surface area contributed by atoms with Crippen molar-refractivity contribution in [2.75, 3.05) is 26.2 Å². The van der Waals surface area contributed by atoms with Gasteiger partial charge < -0.3 is 13.8 Å². The zero-order valence-electron chi connectivity index (χ0n) is 19.6. The number of hydrogen-bond donors (Lipinski definition) is 0. The van der Waals surface area contributed by atoms with Gasteiger partial charge in [-0.05, 0) is 45.0 Å². The molecule has 1 fully saturated rings. The number of piperazine rings is 1. The summed E-state index contributed by atoms with van der Waals surface area (Å²) in [4.78, 5) is 15.3. The van der Waals surface area contributed by atoms with E-state index in [2.05, 4.69) is 10.3 Å². The smallest absolute Gasteiger partial charge is 0.257 e. The summed E-state index contributed by atoms with van der Waals surface area (Å²) in [6.45, 7) is 5.83. The van der Waals surface area contributed by atoms with Crippen LogP contribution in [0.1, 0.15) is 27.6 Å². The van der Waals surface area contributed by atoms with Crippen molar-refractivity contribution in [2.24, 2.45) is 0 Å². The van der Waals surface area contributed by atoms with Crippen LogP contribution in [-0.4, -0.2) is 64.6 Å². The normalized spacial score (nSPS) is 15.0. The molecule has 1 saturated heterocycles. The van der Waals surface area contributed by atoms with Crippen molar-refractivity contribution in [3.63, 3.8) is 0 Å². The van der Waals surface area contributed by atoms with Crippen LogP contribution in [0.15, 0.2) is 62.5 Å². The van der Waals surface area contributed by atoms with Gasteiger partial charge in [0.05, 0.1) is 11.3 Å². The lowest BCUT2D eigenvalue weighted by molar-refractivity contribution is 0.0698. The number of furan rings is 1. The molecule has 0 saturated carbocycles. The summed E-state index contributed by atoms with van der Waals surface area (Å²) in [6.07, 6.45) is 1.69. The lowest BCUT2D eigenvalue weighted by Crippen LogP contribution is -2.50. The predicted octanol–water partition coefficient (Wildman–Crippen LogP) is 3.19. The monoisotopic (exact) mass is 495 g/mol. The second-order valence-corrected chi connectivity index (χ2v) is 10.3. The first-order chi connectivity index (χ1) is 16.8. The first-order valence-corrected chi connectivity index (χ1v) is 12.6. The zero-order valence-corrected chi connectivity index (χ0v) is 20.4. The summed E-state index contributed by atoms with van der Waals surface area (Å²) in [5.74, 6) is 1.24. The highest BCUT2D eigenvalue weighted by molar-refractivity contribution is 7.89. The minimum atomic E-state index is -3.77. The molecule has 1 aliphatic heterocycles. The molecule has 0 aliphatic carbocycles. The fourth-order valence-corrected chi connectivity index (χ4v) is 5.97. The number of nitrogens with zero attached hydrogens (tertiary/aromatic N) is 5. The maximum absolute atomic E-state index is 13.6. The first-order valence-electron chi connectivity index (χ1n) is 11.2. The molecule has 1 amide bonds. The van der Waals surface area contributed by atoms with Gasteiger partial charge >= 0.3 is 0 Å². The van der Waals surface area contributed by atoms with Gasteiger partial charge in [-0.1, -0.05) is 23.4 Å². The second-order valence-electron chi connectivity index (χ2n) is 8.43. The van der Waals surface area contributed by atoms with E-state index in [1.54, 1.807) is 35.7 Å². The molecule has 182 valence electrons. The summed E-state index contributed by atoms with van der Waals surface area (Å²) >= 11 is 0. The Kier molecular flexibility index (Phi) is 5.81. The third kappa shape index (κ3) is 4.17. The number of carbonyl (C=O) groups is 1. The Labute approximate surface area is 202 Å². The van der Waals surface area contributed by atoms with E-state index in [4.69, 9.17) is 8.94 Å². The fraction of sp³-hybridized carbons (Fsp3) is 0.292. The van der Waals surface area contributed by atoms with E-state index in [0.717, 1.165) is 5.69 Å². The van der Waals surface area contributed by atoms with Crippen LogP contribution in [0, 0.1) is 20.8 Å². The maximum Gasteiger partial charge on any atom is 0.257 e. The quantitative estimate of drug-likeness (QED) is 0.418. The van der Waals surface area contributed by atoms with E-state index in [-0.39, 0.29) is 42.7 Å². The van der Waals surface area contributed by atoms with Gasteiger partial charge in [0.1, 0.15) is 22.0 Å². The molecule has 35 heavy (non-hydrogen) atoms. The van der Waals surface area contributed by atoms with E-state index < -0.39 is 10.0 Å². The summed E-state index contributed by atoms with van der Waals surface area (Å²) < 4.78 is 40.1. The van der Waals surface area contributed by atoms with Crippen molar-refractivity contribution < 1.29 is 22.2 Å². The van der Waals surface area contributed by atoms with Crippen molar-refractivity contribution >= 4 is 15.9 Å². The molecule has 0 unspecified atom stereocenters. The molecule has 0 spiro atoms. The first kappa shape index (κ1) is 23.1. The Morgan fingerprint density at radius 2 is 1.69 bits per heavy atom. The number of carbonyl (C=O) groups excluding carboxylic acids is 1. The third-order valence-corrected chi connectivity index (χ3v) is 8.17. The fourth-order valence-electron chi connectivity index (χ4n) is 4.26. The standard InChI is InChI=1S/C24H25N5O5S/c1-16-9-10-21(33-16)22-20(15-29(25-22)19-7-5-4-6-8-19)24(30)27-11-13-28(14-12-27)35(31,32)23-17(2)26-34-18(23)3/h4-10,15H,11-14H2,1-3H3. The van der Waals surface area contributed by atoms with E-state index >= 15 is 0 Å². The average Bonchev–Trinajstić information content (AvgIpc) is 3.57. The summed E-state index contributed by atoms with van der Waals surface area (Å²) in [6, 6.07) is 13.1. The van der Waals surface area contributed by atoms with Crippen molar-refractivity contribution in [1.29, 1.82) is 0 Å². The van der Waals surface area contributed by atoms with Gasteiger partial charge in [-0.15, -0.1) is 0 Å². The highest BCUT2D eigenvalue weighted by atomic mass is 32.2. The molecular formula is C24H25N5O5S. The number of para-hydroxylation sites is 1. The third-order valence-electron chi connectivity index (χ3n) is 6.03. The Morgan fingerprint density at radius 1 is 0.971 bits per heavy atom. The largest absolute Gasteiger partial charge is 0.460 e. The van der Waals surface area contributed by atoms with E-state index in [9.17, 15) is 13.2 Å². The topological polar surface area (TPSA) is 115 Å². The zero-order chi connectivity index (χ0) is 24.7. The molecule has 0 N–H and O–H groups in total. The molecule has 0 bridgehead atoms. The van der Waals surface area contributed by atoms with Crippen LogP contribution in [0.3, 0.4) is 0 Å². The van der Waals surface area contributed by atoms with Gasteiger partial charge in [-0.25, -0.2) is 13.1 Å². The highest BCUT2D eigenvalue weighted by Crippen LogP contribution is 2.28. The maximum atomic E-state index is 13.6. The molecule has 10 nitrogen and oxygen atoms in total. The van der Waals surface area contributed by atoms with Crippen LogP contribution < -0.4 is 0 Å². The second kappa shape index (κ2) is 8.82. The van der Waals surface area contributed by atoms with E-state index in [1.165, 1.54) is 4.31 Å². The predicted molar refractivity (Wildman–Crippen MR) is 127 cm³/mol. The molecule has 11 heteroatoms. The summed E-state index contributed by atoms with van der Waals surface area (Å²) in [5, 5.41) is 8.40. The van der Waals surface area contributed by atoms with Crippen molar-refractivity contribution in [3.8, 4) is 17.1 Å². The Balaban J connectivity index is 1.41. The number of sulfonamides is 1. The molecule has 0 atom stereocenters. The minimum absolute atomic E-state index is 0.0943. The van der Waals surface area contributed by atoms with Crippen molar-refractivity contribution in [3.05, 3.63) is 71.4 Å². The Hall–Kier alpha value is -3.70. The molecule has 0 radical (unpaired) electrons. The molecule has 5 rings (SSSR count). The molecule has 1 aromatic carbocycles. The van der Waals surface area contributed by atoms with Crippen LogP contribution in [0.5, 0.6) is 0 Å².